The van der Waals surface area contributed by atoms with Gasteiger partial charge in [-0.15, -0.1) is 0 Å². The van der Waals surface area contributed by atoms with E-state index < -0.39 is 0 Å². The highest BCUT2D eigenvalue weighted by Crippen LogP contribution is 2.69. The highest BCUT2D eigenvalue weighted by molar-refractivity contribution is 6.28. The molecule has 1 fully saturated rings. The van der Waals surface area contributed by atoms with Crippen LogP contribution in [0.5, 0.6) is 0 Å². The van der Waals surface area contributed by atoms with Gasteiger partial charge in [0, 0.05) is 32.5 Å². The summed E-state index contributed by atoms with van der Waals surface area (Å²) in [5, 5.41) is 7.48. The third-order valence-corrected chi connectivity index (χ3v) is 10.3. The number of hydrogen-bond acceptors (Lipinski definition) is 1. The number of allylic oxidation sites excluding steroid dienone is 1. The van der Waals surface area contributed by atoms with Crippen molar-refractivity contribution in [1.29, 1.82) is 0 Å². The Morgan fingerprint density at radius 1 is 0.610 bits per heavy atom. The van der Waals surface area contributed by atoms with E-state index in [2.05, 4.69) is 120 Å². The van der Waals surface area contributed by atoms with Crippen LogP contribution < -0.4 is 0 Å². The summed E-state index contributed by atoms with van der Waals surface area (Å²) in [5.74, 6) is 0.613. The molecule has 2 aromatic heterocycles. The van der Waals surface area contributed by atoms with E-state index in [0.717, 1.165) is 11.2 Å². The lowest BCUT2D eigenvalue weighted by Gasteiger charge is -2.23. The van der Waals surface area contributed by atoms with Gasteiger partial charge < -0.3 is 8.98 Å². The Labute approximate surface area is 235 Å². The van der Waals surface area contributed by atoms with Crippen molar-refractivity contribution in [3.8, 4) is 16.8 Å². The molecule has 0 bridgehead atoms. The number of nitrogens with zero attached hydrogens (tertiary/aromatic N) is 1. The fourth-order valence-electron chi connectivity index (χ4n) is 8.61. The van der Waals surface area contributed by atoms with Crippen molar-refractivity contribution >= 4 is 60.6 Å². The van der Waals surface area contributed by atoms with Gasteiger partial charge in [-0.3, -0.25) is 0 Å². The minimum absolute atomic E-state index is 0.158. The molecule has 2 heteroatoms. The molecular formula is C39H23NO. The summed E-state index contributed by atoms with van der Waals surface area (Å²) in [6.07, 6.45) is 6.11. The minimum atomic E-state index is 0.158. The molecule has 2 nitrogen and oxygen atoms in total. The number of benzene rings is 6. The summed E-state index contributed by atoms with van der Waals surface area (Å²) in [5.41, 5.74) is 13.1. The Bertz CT molecular complexity index is 2520. The van der Waals surface area contributed by atoms with E-state index in [0.29, 0.717) is 5.92 Å². The van der Waals surface area contributed by atoms with E-state index in [1.807, 2.05) is 6.07 Å². The highest BCUT2D eigenvalue weighted by atomic mass is 16.3. The van der Waals surface area contributed by atoms with Gasteiger partial charge in [-0.25, -0.2) is 0 Å². The second-order valence-electron chi connectivity index (χ2n) is 12.1. The van der Waals surface area contributed by atoms with Crippen molar-refractivity contribution in [2.45, 2.75) is 11.8 Å². The maximum Gasteiger partial charge on any atom is 0.136 e. The van der Waals surface area contributed by atoms with Crippen LogP contribution in [0.25, 0.3) is 77.4 Å². The number of fused-ring (bicyclic) bond motifs is 11. The summed E-state index contributed by atoms with van der Waals surface area (Å²) >= 11 is 0. The highest BCUT2D eigenvalue weighted by Gasteiger charge is 2.62. The van der Waals surface area contributed by atoms with E-state index in [4.69, 9.17) is 4.42 Å². The molecule has 3 aliphatic carbocycles. The second kappa shape index (κ2) is 6.79. The molecule has 3 aliphatic rings. The van der Waals surface area contributed by atoms with E-state index in [-0.39, 0.29) is 5.41 Å². The molecule has 0 amide bonds. The summed E-state index contributed by atoms with van der Waals surface area (Å²) < 4.78 is 8.77. The van der Waals surface area contributed by atoms with E-state index in [1.165, 1.54) is 77.7 Å². The van der Waals surface area contributed by atoms with Gasteiger partial charge in [0.05, 0.1) is 16.7 Å². The van der Waals surface area contributed by atoms with Crippen LogP contribution in [0.1, 0.15) is 23.1 Å². The molecule has 6 aromatic carbocycles. The summed E-state index contributed by atoms with van der Waals surface area (Å²) in [7, 11) is 0. The average Bonchev–Trinajstić information content (AvgIpc) is 3.37. The fourth-order valence-corrected chi connectivity index (χ4v) is 8.61. The number of aromatic nitrogens is 1. The van der Waals surface area contributed by atoms with E-state index in [9.17, 15) is 0 Å². The largest absolute Gasteiger partial charge is 0.456 e. The first-order valence-electron chi connectivity index (χ1n) is 14.5. The van der Waals surface area contributed by atoms with Crippen molar-refractivity contribution in [1.82, 2.24) is 4.57 Å². The predicted octanol–water partition coefficient (Wildman–Crippen LogP) is 10.1. The first kappa shape index (κ1) is 20.8. The molecule has 190 valence electrons. The maximum atomic E-state index is 6.25. The maximum absolute atomic E-state index is 6.25. The zero-order valence-electron chi connectivity index (χ0n) is 22.2. The summed E-state index contributed by atoms with van der Waals surface area (Å²) in [6.45, 7) is 0. The lowest BCUT2D eigenvalue weighted by atomic mass is 9.83. The smallest absolute Gasteiger partial charge is 0.136 e. The number of furan rings is 1. The molecule has 41 heavy (non-hydrogen) atoms. The molecule has 0 radical (unpaired) electrons. The molecule has 11 rings (SSSR count). The monoisotopic (exact) mass is 521 g/mol. The van der Waals surface area contributed by atoms with Crippen molar-refractivity contribution < 1.29 is 4.42 Å². The normalized spacial score (nSPS) is 19.9. The zero-order valence-corrected chi connectivity index (χ0v) is 22.2. The Kier molecular flexibility index (Phi) is 3.44. The second-order valence-corrected chi connectivity index (χ2v) is 12.1. The van der Waals surface area contributed by atoms with Gasteiger partial charge in [0.2, 0.25) is 0 Å². The lowest BCUT2D eigenvalue weighted by Crippen LogP contribution is -2.13. The van der Waals surface area contributed by atoms with Crippen molar-refractivity contribution in [3.05, 3.63) is 132 Å². The van der Waals surface area contributed by atoms with Crippen LogP contribution in [0.4, 0.5) is 0 Å². The van der Waals surface area contributed by atoms with Gasteiger partial charge in [0.15, 0.2) is 0 Å². The molecular weight excluding hydrogens is 498 g/mol. The van der Waals surface area contributed by atoms with Crippen LogP contribution in [0.3, 0.4) is 0 Å². The zero-order chi connectivity index (χ0) is 26.4. The minimum Gasteiger partial charge on any atom is -0.456 e. The van der Waals surface area contributed by atoms with Gasteiger partial charge in [0.1, 0.15) is 11.2 Å². The Balaban J connectivity index is 1.27. The molecule has 2 atom stereocenters. The molecule has 1 saturated carbocycles. The number of para-hydroxylation sites is 2. The summed E-state index contributed by atoms with van der Waals surface area (Å²) in [6, 6.07) is 40.2. The molecule has 1 spiro atoms. The molecule has 8 aromatic rings. The first-order chi connectivity index (χ1) is 20.3. The molecule has 0 aliphatic heterocycles. The van der Waals surface area contributed by atoms with Gasteiger partial charge in [-0.1, -0.05) is 84.9 Å². The van der Waals surface area contributed by atoms with Crippen molar-refractivity contribution in [2.75, 3.05) is 0 Å². The predicted molar refractivity (Wildman–Crippen MR) is 169 cm³/mol. The fraction of sp³-hybridized carbons (Fsp3) is 0.0769. The lowest BCUT2D eigenvalue weighted by molar-refractivity contribution is 0.669. The Morgan fingerprint density at radius 2 is 1.41 bits per heavy atom. The quantitative estimate of drug-likeness (QED) is 0.210. The van der Waals surface area contributed by atoms with E-state index >= 15 is 0 Å². The van der Waals surface area contributed by atoms with Crippen LogP contribution in [0.2, 0.25) is 0 Å². The molecule has 0 saturated heterocycles. The van der Waals surface area contributed by atoms with Crippen molar-refractivity contribution in [3.63, 3.8) is 0 Å². The molecule has 0 N–H and O–H groups in total. The molecule has 2 heterocycles. The van der Waals surface area contributed by atoms with Crippen LogP contribution in [-0.4, -0.2) is 4.57 Å². The van der Waals surface area contributed by atoms with Crippen LogP contribution in [0, 0.1) is 5.92 Å². The Hall–Kier alpha value is -5.08. The topological polar surface area (TPSA) is 18.1 Å². The SMILES string of the molecule is C1=CC2CC23c2ccccc2-c2ccc(-n4c5ccccc5c5c6ccc7oc8ccccc8c7c6ccc54)c1c23. The summed E-state index contributed by atoms with van der Waals surface area (Å²) in [4.78, 5) is 0. The third-order valence-electron chi connectivity index (χ3n) is 10.3. The Morgan fingerprint density at radius 3 is 2.39 bits per heavy atom. The van der Waals surface area contributed by atoms with Crippen LogP contribution in [-0.2, 0) is 5.41 Å². The third kappa shape index (κ3) is 2.28. The number of rotatable bonds is 1. The average molecular weight is 522 g/mol. The van der Waals surface area contributed by atoms with Crippen LogP contribution in [0.15, 0.2) is 120 Å². The van der Waals surface area contributed by atoms with Gasteiger partial charge in [-0.2, -0.15) is 0 Å². The van der Waals surface area contributed by atoms with Gasteiger partial charge in [-0.05, 0) is 81.8 Å². The van der Waals surface area contributed by atoms with Crippen LogP contribution >= 0.6 is 0 Å². The first-order valence-corrected chi connectivity index (χ1v) is 14.5. The standard InChI is InChI=1S/C39H23NO/c1-4-10-30-23(7-1)26-16-18-32(28-14-13-22-21-39(22,30)38(26)28)40-31-11-5-2-8-27(31)36-24-17-20-35-37(25(24)15-19-33(36)40)29-9-3-6-12-34(29)41-35/h1-20,22H,21H2. The van der Waals surface area contributed by atoms with E-state index in [1.54, 1.807) is 5.56 Å². The van der Waals surface area contributed by atoms with Gasteiger partial charge in [0.25, 0.3) is 0 Å². The van der Waals surface area contributed by atoms with Gasteiger partial charge >= 0.3 is 0 Å². The number of hydrogen-bond donors (Lipinski definition) is 0. The molecule has 2 unspecified atom stereocenters. The van der Waals surface area contributed by atoms with Crippen molar-refractivity contribution in [2.24, 2.45) is 5.92 Å².